The van der Waals surface area contributed by atoms with Gasteiger partial charge >= 0.3 is 0 Å². The highest BCUT2D eigenvalue weighted by Crippen LogP contribution is 2.50. The van der Waals surface area contributed by atoms with E-state index in [0.717, 1.165) is 0 Å². The molecule has 0 unspecified atom stereocenters. The van der Waals surface area contributed by atoms with Gasteiger partial charge in [-0.25, -0.2) is 17.2 Å². The molecule has 8 nitrogen and oxygen atoms in total. The van der Waals surface area contributed by atoms with Gasteiger partial charge in [0.25, 0.3) is 5.91 Å². The summed E-state index contributed by atoms with van der Waals surface area (Å²) in [5, 5.41) is 12.4. The van der Waals surface area contributed by atoms with E-state index in [0.29, 0.717) is 47.8 Å². The summed E-state index contributed by atoms with van der Waals surface area (Å²) in [5.74, 6) is -3.83. The van der Waals surface area contributed by atoms with Crippen molar-refractivity contribution in [2.24, 2.45) is 5.41 Å². The van der Waals surface area contributed by atoms with Crippen molar-refractivity contribution in [2.45, 2.75) is 79.4 Å². The van der Waals surface area contributed by atoms with Crippen LogP contribution >= 0.6 is 0 Å². The number of carbonyl (C=O) groups is 2. The average Bonchev–Trinajstić information content (AvgIpc) is 3.91. The van der Waals surface area contributed by atoms with Crippen LogP contribution in [0.3, 0.4) is 0 Å². The number of nitrogens with one attached hydrogen (secondary N) is 1. The average molecular weight is 597 g/mol. The van der Waals surface area contributed by atoms with Crippen LogP contribution in [-0.2, 0) is 14.6 Å². The first-order chi connectivity index (χ1) is 19.9. The van der Waals surface area contributed by atoms with Crippen molar-refractivity contribution in [3.8, 4) is 22.9 Å². The first-order valence-corrected chi connectivity index (χ1v) is 15.5. The van der Waals surface area contributed by atoms with Crippen molar-refractivity contribution in [3.05, 3.63) is 48.2 Å². The number of carbonyl (C=O) groups excluding carboxylic acids is 2. The number of nitriles is 1. The summed E-state index contributed by atoms with van der Waals surface area (Å²) in [6, 6.07) is 13.8. The SMILES string of the molecule is COc1cc(-c2ccc3cc(C(=O)NC4(C(=O)CC5(C#N)CC5)CCC(F)(F)CC4)oc3c2)ccc1S(=O)(=O)C1CC1. The van der Waals surface area contributed by atoms with Crippen LogP contribution in [0.15, 0.2) is 51.8 Å². The summed E-state index contributed by atoms with van der Waals surface area (Å²) in [5.41, 5.74) is -0.500. The summed E-state index contributed by atoms with van der Waals surface area (Å²) in [6.45, 7) is 0. The first kappa shape index (κ1) is 28.3. The number of ketones is 1. The molecule has 3 aromatic rings. The van der Waals surface area contributed by atoms with Crippen molar-refractivity contribution >= 4 is 32.5 Å². The maximum Gasteiger partial charge on any atom is 0.287 e. The monoisotopic (exact) mass is 596 g/mol. The van der Waals surface area contributed by atoms with Crippen LogP contribution in [-0.4, -0.2) is 43.9 Å². The highest BCUT2D eigenvalue weighted by atomic mass is 32.2. The van der Waals surface area contributed by atoms with Crippen LogP contribution < -0.4 is 10.1 Å². The molecule has 3 fully saturated rings. The molecular weight excluding hydrogens is 566 g/mol. The van der Waals surface area contributed by atoms with Crippen LogP contribution in [0.1, 0.15) is 68.3 Å². The Morgan fingerprint density at radius 3 is 2.31 bits per heavy atom. The minimum Gasteiger partial charge on any atom is -0.495 e. The molecule has 0 aliphatic heterocycles. The third kappa shape index (κ3) is 5.17. The number of fused-ring (bicyclic) bond motifs is 1. The lowest BCUT2D eigenvalue weighted by atomic mass is 9.74. The lowest BCUT2D eigenvalue weighted by Crippen LogP contribution is -2.58. The highest BCUT2D eigenvalue weighted by molar-refractivity contribution is 7.92. The number of methoxy groups -OCH3 is 1. The van der Waals surface area contributed by atoms with E-state index in [2.05, 4.69) is 11.4 Å². The molecule has 1 aromatic heterocycles. The van der Waals surface area contributed by atoms with E-state index in [9.17, 15) is 32.0 Å². The first-order valence-electron chi connectivity index (χ1n) is 14.0. The molecule has 0 radical (unpaired) electrons. The number of nitrogens with zero attached hydrogens (tertiary/aromatic N) is 1. The second-order valence-corrected chi connectivity index (χ2v) is 14.1. The van der Waals surface area contributed by atoms with Gasteiger partial charge in [0.2, 0.25) is 5.92 Å². The van der Waals surface area contributed by atoms with Gasteiger partial charge in [0.15, 0.2) is 21.4 Å². The highest BCUT2D eigenvalue weighted by Gasteiger charge is 2.53. The number of Topliss-reactive ketones (excluding diaryl/α,β-unsaturated/α-hetero) is 1. The third-order valence-electron chi connectivity index (χ3n) is 8.82. The summed E-state index contributed by atoms with van der Waals surface area (Å²) < 4.78 is 64.9. The van der Waals surface area contributed by atoms with E-state index in [-0.39, 0.29) is 40.9 Å². The van der Waals surface area contributed by atoms with Crippen LogP contribution in [0.4, 0.5) is 8.78 Å². The second kappa shape index (κ2) is 9.90. The molecule has 0 atom stereocenters. The second-order valence-electron chi connectivity index (χ2n) is 11.9. The molecule has 0 bridgehead atoms. The van der Waals surface area contributed by atoms with Crippen molar-refractivity contribution < 1.29 is 35.9 Å². The van der Waals surface area contributed by atoms with E-state index in [1.165, 1.54) is 19.2 Å². The number of alkyl halides is 2. The molecule has 220 valence electrons. The number of sulfone groups is 1. The third-order valence-corrected chi connectivity index (χ3v) is 11.1. The molecule has 3 aliphatic carbocycles. The van der Waals surface area contributed by atoms with Crippen molar-refractivity contribution in [2.75, 3.05) is 7.11 Å². The Morgan fingerprint density at radius 1 is 1.02 bits per heavy atom. The van der Waals surface area contributed by atoms with Gasteiger partial charge in [-0.3, -0.25) is 9.59 Å². The zero-order valence-electron chi connectivity index (χ0n) is 23.0. The number of halogens is 2. The zero-order chi connectivity index (χ0) is 29.9. The molecule has 0 saturated heterocycles. The Bertz CT molecular complexity index is 1740. The van der Waals surface area contributed by atoms with Gasteiger partial charge in [0, 0.05) is 24.6 Å². The lowest BCUT2D eigenvalue weighted by molar-refractivity contribution is -0.131. The standard InChI is InChI=1S/C31H30F2N2O6S/c1-40-24-15-20(4-7-26(24)42(38,39)22-5-6-22)19-2-3-21-16-25(41-23(21)14-19)28(37)35-30(10-12-31(32,33)13-11-30)27(36)17-29(18-34)8-9-29/h2-4,7,14-16,22H,5-6,8-13,17H2,1H3,(H,35,37). The molecule has 11 heteroatoms. The molecule has 3 aliphatic rings. The Balaban J connectivity index is 1.26. The number of hydrogen-bond acceptors (Lipinski definition) is 7. The largest absolute Gasteiger partial charge is 0.495 e. The number of ether oxygens (including phenoxy) is 1. The fourth-order valence-electron chi connectivity index (χ4n) is 5.71. The number of furan rings is 1. The summed E-state index contributed by atoms with van der Waals surface area (Å²) in [4.78, 5) is 26.9. The molecular formula is C31H30F2N2O6S. The smallest absolute Gasteiger partial charge is 0.287 e. The van der Waals surface area contributed by atoms with Crippen LogP contribution in [0.2, 0.25) is 0 Å². The maximum absolute atomic E-state index is 14.0. The molecule has 1 N–H and O–H groups in total. The van der Waals surface area contributed by atoms with E-state index >= 15 is 0 Å². The minimum atomic E-state index is -3.46. The fourth-order valence-corrected chi connectivity index (χ4v) is 7.51. The normalized spacial score (nSPS) is 20.4. The fraction of sp³-hybridized carbons (Fsp3) is 0.452. The summed E-state index contributed by atoms with van der Waals surface area (Å²) in [7, 11) is -2.04. The van der Waals surface area contributed by atoms with E-state index in [1.807, 2.05) is 0 Å². The van der Waals surface area contributed by atoms with Gasteiger partial charge in [0.1, 0.15) is 16.2 Å². The summed E-state index contributed by atoms with van der Waals surface area (Å²) >= 11 is 0. The van der Waals surface area contributed by atoms with Crippen LogP contribution in [0.25, 0.3) is 22.1 Å². The Hall–Kier alpha value is -3.78. The number of amides is 1. The Labute approximate surface area is 241 Å². The van der Waals surface area contributed by atoms with Gasteiger partial charge in [-0.15, -0.1) is 0 Å². The number of rotatable bonds is 9. The van der Waals surface area contributed by atoms with Gasteiger partial charge in [-0.05, 0) is 73.9 Å². The van der Waals surface area contributed by atoms with Gasteiger partial charge < -0.3 is 14.5 Å². The van der Waals surface area contributed by atoms with Crippen molar-refractivity contribution in [3.63, 3.8) is 0 Å². The molecule has 0 spiro atoms. The zero-order valence-corrected chi connectivity index (χ0v) is 23.9. The van der Waals surface area contributed by atoms with Gasteiger partial charge in [0.05, 0.1) is 29.4 Å². The van der Waals surface area contributed by atoms with Crippen molar-refractivity contribution in [1.82, 2.24) is 5.32 Å². The van der Waals surface area contributed by atoms with Gasteiger partial charge in [-0.2, -0.15) is 5.26 Å². The topological polar surface area (TPSA) is 126 Å². The number of benzene rings is 2. The van der Waals surface area contributed by atoms with Crippen LogP contribution in [0, 0.1) is 16.7 Å². The number of hydrogen-bond donors (Lipinski definition) is 1. The Morgan fingerprint density at radius 2 is 1.69 bits per heavy atom. The van der Waals surface area contributed by atoms with E-state index < -0.39 is 51.2 Å². The Kier molecular flexibility index (Phi) is 6.68. The predicted octanol–water partition coefficient (Wildman–Crippen LogP) is 5.99. The quantitative estimate of drug-likeness (QED) is 0.322. The molecule has 1 heterocycles. The lowest BCUT2D eigenvalue weighted by Gasteiger charge is -2.39. The van der Waals surface area contributed by atoms with Crippen molar-refractivity contribution in [1.29, 1.82) is 5.26 Å². The molecule has 1 amide bonds. The minimum absolute atomic E-state index is 0.0727. The predicted molar refractivity (Wildman–Crippen MR) is 149 cm³/mol. The molecule has 6 rings (SSSR count). The maximum atomic E-state index is 14.0. The van der Waals surface area contributed by atoms with Gasteiger partial charge in [-0.1, -0.05) is 18.2 Å². The van der Waals surface area contributed by atoms with Crippen LogP contribution in [0.5, 0.6) is 5.75 Å². The molecule has 3 saturated carbocycles. The summed E-state index contributed by atoms with van der Waals surface area (Å²) in [6.07, 6.45) is 0.844. The van der Waals surface area contributed by atoms with E-state index in [4.69, 9.17) is 9.15 Å². The van der Waals surface area contributed by atoms with E-state index in [1.54, 1.807) is 30.3 Å². The molecule has 42 heavy (non-hydrogen) atoms. The molecule has 2 aromatic carbocycles.